The molecule has 5 amide bonds. The largest absolute Gasteiger partial charge is 0.497 e. The van der Waals surface area contributed by atoms with Crippen LogP contribution in [0.1, 0.15) is 116 Å². The smallest absolute Gasteiger partial charge is 0.410 e. The summed E-state index contributed by atoms with van der Waals surface area (Å²) in [7, 11) is 9.55. The van der Waals surface area contributed by atoms with E-state index in [0.717, 1.165) is 19.4 Å². The molecule has 20 nitrogen and oxygen atoms in total. The summed E-state index contributed by atoms with van der Waals surface area (Å²) in [5.41, 5.74) is 1.35. The first kappa shape index (κ1) is 69.5. The fourth-order valence-electron chi connectivity index (χ4n) is 10.1. The highest BCUT2D eigenvalue weighted by Gasteiger charge is 2.39. The van der Waals surface area contributed by atoms with Crippen molar-refractivity contribution in [2.75, 3.05) is 108 Å². The van der Waals surface area contributed by atoms with E-state index in [4.69, 9.17) is 42.6 Å². The highest BCUT2D eigenvalue weighted by atomic mass is 35.5. The third-order valence-electron chi connectivity index (χ3n) is 14.0. The maximum atomic E-state index is 14.1. The number of methoxy groups -OCH3 is 6. The molecule has 6 rings (SSSR count). The zero-order valence-corrected chi connectivity index (χ0v) is 52.2. The number of piperidine rings is 2. The van der Waals surface area contributed by atoms with Crippen LogP contribution in [0.15, 0.2) is 84.9 Å². The van der Waals surface area contributed by atoms with Gasteiger partial charge < -0.3 is 73.3 Å². The minimum Gasteiger partial charge on any atom is -0.497 e. The quantitative estimate of drug-likeness (QED) is 0.0501. The third kappa shape index (κ3) is 21.0. The van der Waals surface area contributed by atoms with Gasteiger partial charge in [0, 0.05) is 113 Å². The number of carbonyl (C=O) groups excluding carboxylic acids is 5. The topological polar surface area (TPSA) is 214 Å². The minimum absolute atomic E-state index is 0. The Bertz CT molecular complexity index is 2720. The van der Waals surface area contributed by atoms with Crippen molar-refractivity contribution in [3.8, 4) is 34.5 Å². The van der Waals surface area contributed by atoms with Crippen LogP contribution in [0.3, 0.4) is 0 Å². The van der Waals surface area contributed by atoms with E-state index >= 15 is 0 Å². The number of nitrogens with zero attached hydrogens (tertiary/aromatic N) is 3. The molecule has 3 N–H and O–H groups in total. The van der Waals surface area contributed by atoms with Crippen molar-refractivity contribution < 1.29 is 66.6 Å². The number of ether oxygens (including phenoxy) is 9. The van der Waals surface area contributed by atoms with E-state index in [1.807, 2.05) is 64.3 Å². The van der Waals surface area contributed by atoms with Crippen molar-refractivity contribution in [1.29, 1.82) is 0 Å². The molecule has 0 bridgehead atoms. The van der Waals surface area contributed by atoms with Crippen LogP contribution in [0, 0.1) is 11.8 Å². The van der Waals surface area contributed by atoms with Gasteiger partial charge in [-0.3, -0.25) is 19.2 Å². The number of rotatable bonds is 26. The van der Waals surface area contributed by atoms with Crippen LogP contribution in [-0.4, -0.2) is 183 Å². The van der Waals surface area contributed by atoms with Gasteiger partial charge in [-0.2, -0.15) is 0 Å². The van der Waals surface area contributed by atoms with Gasteiger partial charge >= 0.3 is 6.09 Å². The molecule has 464 valence electrons. The molecule has 21 heteroatoms. The number of halogens is 1. The molecule has 4 aromatic carbocycles. The van der Waals surface area contributed by atoms with Crippen LogP contribution >= 0.6 is 12.4 Å². The predicted molar refractivity (Wildman–Crippen MR) is 325 cm³/mol. The van der Waals surface area contributed by atoms with Crippen molar-refractivity contribution in [1.82, 2.24) is 30.7 Å². The normalized spacial score (nSPS) is 16.6. The Labute approximate surface area is 503 Å². The van der Waals surface area contributed by atoms with Crippen LogP contribution in [-0.2, 0) is 14.2 Å². The summed E-state index contributed by atoms with van der Waals surface area (Å²) < 4.78 is 49.1. The molecule has 4 atom stereocenters. The van der Waals surface area contributed by atoms with Gasteiger partial charge in [-0.15, -0.1) is 12.4 Å². The standard InChI is InChI=1S/C34H49N3O8.C29H41N3O6.ClH/c1-23(2)37(32(39)26-13-14-29(43-8)30(19-26)44-16-10-15-41-6)27-17-24(21-36(22-27)33(40)45-34(3,4)5)20-35-31(38)25-11-9-12-28(18-25)42-7;1-20(2)32(29(34)23-10-11-26(37-5)27(16-23)38-13-7-12-35-3)24-14-21(17-30-19-24)18-31-28(33)22-8-6-9-25(15-22)36-4;/h9,11-14,18-19,23-24,27H,10,15-17,20-22H2,1-8H3,(H,35,38);6,8-11,15-16,20-21,24,30H,7,12-14,17-19H2,1-5H3,(H,31,33);1H/t24-,27?;21-,24?;/m10./s1. The van der Waals surface area contributed by atoms with Crippen molar-refractivity contribution in [2.45, 2.75) is 104 Å². The van der Waals surface area contributed by atoms with Crippen molar-refractivity contribution in [2.24, 2.45) is 11.8 Å². The van der Waals surface area contributed by atoms with Crippen LogP contribution in [0.25, 0.3) is 0 Å². The fraction of sp³-hybridized carbons (Fsp3) is 0.540. The second kappa shape index (κ2) is 34.7. The van der Waals surface area contributed by atoms with Gasteiger partial charge in [-0.25, -0.2) is 4.79 Å². The Kier molecular flexibility index (Phi) is 28.7. The molecule has 4 aromatic rings. The number of carbonyl (C=O) groups is 5. The summed E-state index contributed by atoms with van der Waals surface area (Å²) in [5.74, 6) is 2.78. The van der Waals surface area contributed by atoms with Gasteiger partial charge in [-0.05, 0) is 152 Å². The maximum Gasteiger partial charge on any atom is 0.410 e. The fourth-order valence-corrected chi connectivity index (χ4v) is 10.1. The van der Waals surface area contributed by atoms with Crippen LogP contribution < -0.4 is 44.4 Å². The Morgan fingerprint density at radius 3 is 1.46 bits per heavy atom. The summed E-state index contributed by atoms with van der Waals surface area (Å²) in [6.45, 7) is 18.4. The summed E-state index contributed by atoms with van der Waals surface area (Å²) in [4.78, 5) is 72.2. The highest BCUT2D eigenvalue weighted by molar-refractivity contribution is 5.97. The Morgan fingerprint density at radius 1 is 0.560 bits per heavy atom. The van der Waals surface area contributed by atoms with Crippen molar-refractivity contribution in [3.63, 3.8) is 0 Å². The number of hydrogen-bond donors (Lipinski definition) is 3. The molecule has 0 spiro atoms. The average molecular weight is 1190 g/mol. The molecule has 0 saturated carbocycles. The third-order valence-corrected chi connectivity index (χ3v) is 14.0. The monoisotopic (exact) mass is 1190 g/mol. The second-order valence-corrected chi connectivity index (χ2v) is 22.2. The number of benzene rings is 4. The first-order chi connectivity index (χ1) is 39.7. The lowest BCUT2D eigenvalue weighted by Crippen LogP contribution is -2.57. The number of likely N-dealkylation sites (tertiary alicyclic amines) is 1. The molecule has 2 unspecified atom stereocenters. The Morgan fingerprint density at radius 2 is 1.02 bits per heavy atom. The van der Waals surface area contributed by atoms with Crippen molar-refractivity contribution >= 4 is 42.1 Å². The Balaban J connectivity index is 0.000000361. The zero-order valence-electron chi connectivity index (χ0n) is 51.4. The van der Waals surface area contributed by atoms with Gasteiger partial charge in [0.2, 0.25) is 0 Å². The highest BCUT2D eigenvalue weighted by Crippen LogP contribution is 2.33. The van der Waals surface area contributed by atoms with E-state index in [1.54, 1.807) is 126 Å². The van der Waals surface area contributed by atoms with Crippen LogP contribution in [0.4, 0.5) is 4.79 Å². The van der Waals surface area contributed by atoms with Crippen LogP contribution in [0.2, 0.25) is 0 Å². The zero-order chi connectivity index (χ0) is 60.6. The lowest BCUT2D eigenvalue weighted by molar-refractivity contribution is -0.00107. The lowest BCUT2D eigenvalue weighted by atomic mass is 9.91. The van der Waals surface area contributed by atoms with Gasteiger partial charge in [-0.1, -0.05) is 12.1 Å². The lowest BCUT2D eigenvalue weighted by Gasteiger charge is -2.44. The SMILES string of the molecule is COCCCOc1cc(C(=O)N(C(C)C)C2CNC[C@@H](CNC(=O)c3cccc(OC)c3)C2)ccc1OC.COCCCOc1cc(C(=O)N(C(C)C)C2C[C@H](CNC(=O)c3cccc(OC)c3)CN(C(=O)OC(C)(C)C)C2)ccc1OC.Cl. The first-order valence-electron chi connectivity index (χ1n) is 28.5. The van der Waals surface area contributed by atoms with Gasteiger partial charge in [0.25, 0.3) is 23.6 Å². The van der Waals surface area contributed by atoms with Crippen molar-refractivity contribution in [3.05, 3.63) is 107 Å². The Hall–Kier alpha value is -7.00. The number of nitrogens with one attached hydrogen (secondary N) is 3. The molecule has 2 fully saturated rings. The van der Waals surface area contributed by atoms with Gasteiger partial charge in [0.05, 0.1) is 47.7 Å². The van der Waals surface area contributed by atoms with E-state index in [9.17, 15) is 24.0 Å². The second-order valence-electron chi connectivity index (χ2n) is 22.2. The van der Waals surface area contributed by atoms with E-state index in [0.29, 0.717) is 129 Å². The molecule has 0 aliphatic carbocycles. The molecule has 2 heterocycles. The minimum atomic E-state index is -0.684. The summed E-state index contributed by atoms with van der Waals surface area (Å²) >= 11 is 0. The van der Waals surface area contributed by atoms with E-state index < -0.39 is 11.7 Å². The average Bonchev–Trinajstić information content (AvgIpc) is 3.12. The number of amides is 5. The molecule has 0 radical (unpaired) electrons. The molecule has 2 aliphatic heterocycles. The first-order valence-corrected chi connectivity index (χ1v) is 28.5. The van der Waals surface area contributed by atoms with Gasteiger partial charge in [0.15, 0.2) is 23.0 Å². The van der Waals surface area contributed by atoms with Crippen LogP contribution in [0.5, 0.6) is 34.5 Å². The molecular weight excluding hydrogens is 1100 g/mol. The van der Waals surface area contributed by atoms with Gasteiger partial charge in [0.1, 0.15) is 17.1 Å². The summed E-state index contributed by atoms with van der Waals surface area (Å²) in [5, 5.41) is 9.51. The molecular formula is C63H91ClN6O14. The number of hydrogen-bond acceptors (Lipinski definition) is 15. The molecule has 84 heavy (non-hydrogen) atoms. The van der Waals surface area contributed by atoms with E-state index in [1.165, 1.54) is 0 Å². The van der Waals surface area contributed by atoms with E-state index in [2.05, 4.69) is 16.0 Å². The predicted octanol–water partition coefficient (Wildman–Crippen LogP) is 8.82. The summed E-state index contributed by atoms with van der Waals surface area (Å²) in [6, 6.07) is 24.0. The molecule has 2 aliphatic rings. The molecule has 0 aromatic heterocycles. The summed E-state index contributed by atoms with van der Waals surface area (Å²) in [6.07, 6.45) is 2.33. The molecule has 2 saturated heterocycles. The maximum absolute atomic E-state index is 14.1. The van der Waals surface area contributed by atoms with E-state index in [-0.39, 0.29) is 72.0 Å².